The van der Waals surface area contributed by atoms with Gasteiger partial charge in [-0.2, -0.15) is 0 Å². The molecule has 0 unspecified atom stereocenters. The van der Waals surface area contributed by atoms with E-state index in [1.165, 1.54) is 5.56 Å². The molecule has 6 nitrogen and oxygen atoms in total. The number of rotatable bonds is 5. The van der Waals surface area contributed by atoms with E-state index in [2.05, 4.69) is 27.0 Å². The van der Waals surface area contributed by atoms with Gasteiger partial charge in [0.2, 0.25) is 0 Å². The second-order valence-corrected chi connectivity index (χ2v) is 8.10. The van der Waals surface area contributed by atoms with Crippen molar-refractivity contribution in [2.45, 2.75) is 6.54 Å². The first-order valence-corrected chi connectivity index (χ1v) is 10.9. The largest absolute Gasteiger partial charge is 0.497 e. The van der Waals surface area contributed by atoms with E-state index in [-0.39, 0.29) is 5.91 Å². The highest BCUT2D eigenvalue weighted by molar-refractivity contribution is 5.97. The molecule has 3 aromatic carbocycles. The number of piperazine rings is 1. The lowest BCUT2D eigenvalue weighted by atomic mass is 10.1. The lowest BCUT2D eigenvalue weighted by Gasteiger charge is -2.34. The van der Waals surface area contributed by atoms with Gasteiger partial charge >= 0.3 is 0 Å². The number of benzene rings is 3. The standard InChI is InChI=1S/C26H26N4O2/c1-32-22-10-7-19(8-11-22)18-29-13-15-30(16-14-29)26(31)21-9-12-23-24(17-21)28-25(27-23)20-5-3-2-4-6-20/h2-12,17H,13-16,18H2,1H3,(H,27,28). The Hall–Kier alpha value is -3.64. The molecule has 5 rings (SSSR count). The maximum Gasteiger partial charge on any atom is 0.254 e. The van der Waals surface area contributed by atoms with Gasteiger partial charge in [0.15, 0.2) is 0 Å². The highest BCUT2D eigenvalue weighted by Gasteiger charge is 2.22. The van der Waals surface area contributed by atoms with E-state index in [1.54, 1.807) is 7.11 Å². The monoisotopic (exact) mass is 426 g/mol. The van der Waals surface area contributed by atoms with Crippen LogP contribution in [-0.2, 0) is 6.54 Å². The molecule has 162 valence electrons. The molecule has 2 heterocycles. The molecule has 1 aliphatic heterocycles. The van der Waals surface area contributed by atoms with Gasteiger partial charge < -0.3 is 14.6 Å². The Balaban J connectivity index is 1.23. The number of hydrogen-bond donors (Lipinski definition) is 1. The van der Waals surface area contributed by atoms with Gasteiger partial charge in [-0.25, -0.2) is 4.98 Å². The first-order chi connectivity index (χ1) is 15.7. The van der Waals surface area contributed by atoms with Crippen molar-refractivity contribution >= 4 is 16.9 Å². The maximum atomic E-state index is 13.1. The van der Waals surface area contributed by atoms with E-state index in [9.17, 15) is 4.79 Å². The third-order valence-corrected chi connectivity index (χ3v) is 6.00. The van der Waals surface area contributed by atoms with E-state index in [0.29, 0.717) is 5.56 Å². The number of ether oxygens (including phenoxy) is 1. The Morgan fingerprint density at radius 3 is 2.44 bits per heavy atom. The third-order valence-electron chi connectivity index (χ3n) is 6.00. The molecule has 1 aliphatic rings. The summed E-state index contributed by atoms with van der Waals surface area (Å²) in [4.78, 5) is 25.5. The molecule has 0 aliphatic carbocycles. The van der Waals surface area contributed by atoms with Crippen LogP contribution in [-0.4, -0.2) is 59.0 Å². The van der Waals surface area contributed by atoms with Crippen LogP contribution in [0.2, 0.25) is 0 Å². The Morgan fingerprint density at radius 2 is 1.72 bits per heavy atom. The average molecular weight is 427 g/mol. The van der Waals surface area contributed by atoms with E-state index >= 15 is 0 Å². The number of imidazole rings is 1. The average Bonchev–Trinajstić information content (AvgIpc) is 3.29. The second kappa shape index (κ2) is 8.85. The van der Waals surface area contributed by atoms with Crippen molar-refractivity contribution < 1.29 is 9.53 Å². The van der Waals surface area contributed by atoms with Gasteiger partial charge in [0.25, 0.3) is 5.91 Å². The molecule has 6 heteroatoms. The van der Waals surface area contributed by atoms with Crippen LogP contribution in [0.3, 0.4) is 0 Å². The van der Waals surface area contributed by atoms with Crippen LogP contribution in [0.25, 0.3) is 22.4 Å². The normalized spacial score (nSPS) is 14.6. The number of fused-ring (bicyclic) bond motifs is 1. The second-order valence-electron chi connectivity index (χ2n) is 8.10. The first kappa shape index (κ1) is 20.3. The van der Waals surface area contributed by atoms with Crippen LogP contribution in [0.4, 0.5) is 0 Å². The molecule has 1 fully saturated rings. The maximum absolute atomic E-state index is 13.1. The summed E-state index contributed by atoms with van der Waals surface area (Å²) < 4.78 is 5.23. The summed E-state index contributed by atoms with van der Waals surface area (Å²) >= 11 is 0. The summed E-state index contributed by atoms with van der Waals surface area (Å²) in [5.41, 5.74) is 4.73. The molecule has 32 heavy (non-hydrogen) atoms. The van der Waals surface area contributed by atoms with Gasteiger partial charge in [0.05, 0.1) is 18.1 Å². The smallest absolute Gasteiger partial charge is 0.254 e. The van der Waals surface area contributed by atoms with Gasteiger partial charge in [0.1, 0.15) is 11.6 Å². The summed E-state index contributed by atoms with van der Waals surface area (Å²) in [7, 11) is 1.68. The summed E-state index contributed by atoms with van der Waals surface area (Å²) in [6, 6.07) is 23.9. The molecule has 1 saturated heterocycles. The van der Waals surface area contributed by atoms with Crippen LogP contribution in [0.5, 0.6) is 5.75 Å². The van der Waals surface area contributed by atoms with Gasteiger partial charge in [-0.3, -0.25) is 9.69 Å². The molecule has 1 aromatic heterocycles. The van der Waals surface area contributed by atoms with Crippen molar-refractivity contribution in [3.8, 4) is 17.1 Å². The van der Waals surface area contributed by atoms with Crippen LogP contribution >= 0.6 is 0 Å². The molecule has 0 spiro atoms. The summed E-state index contributed by atoms with van der Waals surface area (Å²) in [5, 5.41) is 0. The molecule has 4 aromatic rings. The predicted octanol–water partition coefficient (Wildman–Crippen LogP) is 4.20. The molecule has 0 bridgehead atoms. The number of nitrogens with one attached hydrogen (secondary N) is 1. The topological polar surface area (TPSA) is 61.5 Å². The highest BCUT2D eigenvalue weighted by Crippen LogP contribution is 2.22. The van der Waals surface area contributed by atoms with Gasteiger partial charge in [-0.15, -0.1) is 0 Å². The van der Waals surface area contributed by atoms with E-state index < -0.39 is 0 Å². The number of H-pyrrole nitrogens is 1. The number of nitrogens with zero attached hydrogens (tertiary/aromatic N) is 3. The van der Waals surface area contributed by atoms with Crippen molar-refractivity contribution in [2.75, 3.05) is 33.3 Å². The molecule has 0 saturated carbocycles. The third kappa shape index (κ3) is 4.22. The van der Waals surface area contributed by atoms with E-state index in [0.717, 1.165) is 60.9 Å². The highest BCUT2D eigenvalue weighted by atomic mass is 16.5. The number of carbonyl (C=O) groups is 1. The summed E-state index contributed by atoms with van der Waals surface area (Å²) in [6.45, 7) is 4.06. The van der Waals surface area contributed by atoms with E-state index in [4.69, 9.17) is 4.74 Å². The van der Waals surface area contributed by atoms with Crippen molar-refractivity contribution in [1.82, 2.24) is 19.8 Å². The number of amides is 1. The van der Waals surface area contributed by atoms with Gasteiger partial charge in [-0.05, 0) is 35.9 Å². The zero-order valence-electron chi connectivity index (χ0n) is 18.1. The zero-order chi connectivity index (χ0) is 21.9. The Morgan fingerprint density at radius 1 is 0.969 bits per heavy atom. The Kier molecular flexibility index (Phi) is 5.60. The minimum absolute atomic E-state index is 0.0758. The predicted molar refractivity (Wildman–Crippen MR) is 126 cm³/mol. The van der Waals surface area contributed by atoms with Crippen molar-refractivity contribution in [1.29, 1.82) is 0 Å². The number of hydrogen-bond acceptors (Lipinski definition) is 4. The van der Waals surface area contributed by atoms with E-state index in [1.807, 2.05) is 65.6 Å². The SMILES string of the molecule is COc1ccc(CN2CCN(C(=O)c3ccc4nc(-c5ccccc5)[nH]c4c3)CC2)cc1. The van der Waals surface area contributed by atoms with Crippen molar-refractivity contribution in [2.24, 2.45) is 0 Å². The summed E-state index contributed by atoms with van der Waals surface area (Å²) in [6.07, 6.45) is 0. The molecule has 1 amide bonds. The molecule has 0 radical (unpaired) electrons. The van der Waals surface area contributed by atoms with Crippen molar-refractivity contribution in [3.63, 3.8) is 0 Å². The molecular weight excluding hydrogens is 400 g/mol. The fourth-order valence-corrected chi connectivity index (χ4v) is 4.16. The van der Waals surface area contributed by atoms with Crippen LogP contribution < -0.4 is 4.74 Å². The fraction of sp³-hybridized carbons (Fsp3) is 0.231. The summed E-state index contributed by atoms with van der Waals surface area (Å²) in [5.74, 6) is 1.76. The Labute approximate surface area is 187 Å². The number of methoxy groups -OCH3 is 1. The van der Waals surface area contributed by atoms with Gasteiger partial charge in [-0.1, -0.05) is 42.5 Å². The van der Waals surface area contributed by atoms with Gasteiger partial charge in [0, 0.05) is 43.9 Å². The molecule has 0 atom stereocenters. The fourth-order valence-electron chi connectivity index (χ4n) is 4.16. The lowest BCUT2D eigenvalue weighted by molar-refractivity contribution is 0.0628. The van der Waals surface area contributed by atoms with Crippen LogP contribution in [0.15, 0.2) is 72.8 Å². The van der Waals surface area contributed by atoms with Crippen molar-refractivity contribution in [3.05, 3.63) is 83.9 Å². The van der Waals surface area contributed by atoms with Crippen LogP contribution in [0.1, 0.15) is 15.9 Å². The Bertz CT molecular complexity index is 1210. The number of aromatic nitrogens is 2. The van der Waals surface area contributed by atoms with Crippen LogP contribution in [0, 0.1) is 0 Å². The number of carbonyl (C=O) groups excluding carboxylic acids is 1. The lowest BCUT2D eigenvalue weighted by Crippen LogP contribution is -2.48. The minimum atomic E-state index is 0.0758. The molecule has 1 N–H and O–H groups in total. The zero-order valence-corrected chi connectivity index (χ0v) is 18.1. The molecular formula is C26H26N4O2. The number of aromatic amines is 1. The minimum Gasteiger partial charge on any atom is -0.497 e. The first-order valence-electron chi connectivity index (χ1n) is 10.9. The quantitative estimate of drug-likeness (QED) is 0.520.